The first kappa shape index (κ1) is 28.2. The summed E-state index contributed by atoms with van der Waals surface area (Å²) in [5, 5.41) is 20.1. The van der Waals surface area contributed by atoms with E-state index in [1.165, 1.54) is 33.3 Å². The van der Waals surface area contributed by atoms with Gasteiger partial charge in [0.15, 0.2) is 11.5 Å². The summed E-state index contributed by atoms with van der Waals surface area (Å²) in [6.45, 7) is 4.30. The van der Waals surface area contributed by atoms with Crippen molar-refractivity contribution in [1.82, 2.24) is 4.90 Å². The number of fused-ring (bicyclic) bond motifs is 1. The maximum atomic E-state index is 13.0. The van der Waals surface area contributed by atoms with Gasteiger partial charge in [-0.25, -0.2) is 0 Å². The molecule has 3 rings (SSSR count). The average molecular weight is 524 g/mol. The van der Waals surface area contributed by atoms with Crippen LogP contribution >= 0.6 is 0 Å². The standard InChI is InChI=1S/C28H33N3O7/c1-7-8-13-31-27(33)20(17(2)21(16-29)28(31)34)15-18(32)10-9-12-30-14-11-19-22(30)24(36-4)26(38-6)25(37-5)23(19)35-3/h9-10,12,15,32H,7-8,11,13-14H2,1-6H3/b12-9+,18-10-,20-15-. The van der Waals surface area contributed by atoms with E-state index in [0.717, 1.165) is 22.6 Å². The molecular formula is C28H33N3O7. The van der Waals surface area contributed by atoms with Crippen LogP contribution in [0.25, 0.3) is 0 Å². The molecule has 1 N–H and O–H groups in total. The Bertz CT molecular complexity index is 1280. The van der Waals surface area contributed by atoms with Crippen LogP contribution in [-0.4, -0.2) is 63.3 Å². The molecule has 0 radical (unpaired) electrons. The normalized spacial score (nSPS) is 16.9. The Morgan fingerprint density at radius 3 is 2.24 bits per heavy atom. The molecule has 10 nitrogen and oxygen atoms in total. The Balaban J connectivity index is 1.96. The lowest BCUT2D eigenvalue weighted by molar-refractivity contribution is -0.140. The van der Waals surface area contributed by atoms with Crippen LogP contribution in [0.15, 0.2) is 46.9 Å². The molecule has 0 saturated carbocycles. The summed E-state index contributed by atoms with van der Waals surface area (Å²) >= 11 is 0. The summed E-state index contributed by atoms with van der Waals surface area (Å²) < 4.78 is 22.4. The van der Waals surface area contributed by atoms with Crippen molar-refractivity contribution in [1.29, 1.82) is 5.26 Å². The largest absolute Gasteiger partial charge is 0.508 e. The van der Waals surface area contributed by atoms with Gasteiger partial charge in [0.1, 0.15) is 17.4 Å². The number of rotatable bonds is 10. The minimum Gasteiger partial charge on any atom is -0.508 e. The summed E-state index contributed by atoms with van der Waals surface area (Å²) in [4.78, 5) is 28.6. The summed E-state index contributed by atoms with van der Waals surface area (Å²) in [6, 6.07) is 1.89. The number of carbonyl (C=O) groups excluding carboxylic acids is 2. The molecular weight excluding hydrogens is 490 g/mol. The van der Waals surface area contributed by atoms with Crippen molar-refractivity contribution >= 4 is 17.5 Å². The second kappa shape index (κ2) is 12.2. The van der Waals surface area contributed by atoms with Gasteiger partial charge in [-0.2, -0.15) is 5.26 Å². The van der Waals surface area contributed by atoms with E-state index >= 15 is 0 Å². The van der Waals surface area contributed by atoms with E-state index in [0.29, 0.717) is 42.4 Å². The van der Waals surface area contributed by atoms with Crippen molar-refractivity contribution in [3.8, 4) is 29.1 Å². The van der Waals surface area contributed by atoms with Crippen LogP contribution in [0.5, 0.6) is 23.0 Å². The number of ether oxygens (including phenoxy) is 4. The quantitative estimate of drug-likeness (QED) is 0.210. The van der Waals surface area contributed by atoms with Crippen LogP contribution in [-0.2, 0) is 16.0 Å². The molecule has 0 bridgehead atoms. The van der Waals surface area contributed by atoms with Gasteiger partial charge in [-0.05, 0) is 43.6 Å². The smallest absolute Gasteiger partial charge is 0.271 e. The van der Waals surface area contributed by atoms with Crippen LogP contribution in [0.4, 0.5) is 5.69 Å². The minimum absolute atomic E-state index is 0.102. The molecule has 2 aliphatic heterocycles. The van der Waals surface area contributed by atoms with Crippen LogP contribution in [0.3, 0.4) is 0 Å². The molecule has 0 saturated heterocycles. The lowest BCUT2D eigenvalue weighted by atomic mass is 9.94. The van der Waals surface area contributed by atoms with Gasteiger partial charge in [0.25, 0.3) is 11.8 Å². The van der Waals surface area contributed by atoms with Crippen LogP contribution in [0, 0.1) is 11.3 Å². The highest BCUT2D eigenvalue weighted by Crippen LogP contribution is 2.55. The number of aliphatic hydroxyl groups is 1. The summed E-state index contributed by atoms with van der Waals surface area (Å²) in [6.07, 6.45) is 8.16. The van der Waals surface area contributed by atoms with Crippen molar-refractivity contribution < 1.29 is 33.6 Å². The Morgan fingerprint density at radius 2 is 1.66 bits per heavy atom. The number of aliphatic hydroxyl groups excluding tert-OH is 1. The zero-order chi connectivity index (χ0) is 28.0. The number of methoxy groups -OCH3 is 4. The first-order chi connectivity index (χ1) is 18.3. The Morgan fingerprint density at radius 1 is 1.03 bits per heavy atom. The number of hydrogen-bond donors (Lipinski definition) is 1. The summed E-state index contributed by atoms with van der Waals surface area (Å²) in [5.41, 5.74) is 1.90. The van der Waals surface area contributed by atoms with Gasteiger partial charge in [-0.15, -0.1) is 0 Å². The number of benzene rings is 1. The van der Waals surface area contributed by atoms with Gasteiger partial charge >= 0.3 is 0 Å². The molecule has 10 heteroatoms. The van der Waals surface area contributed by atoms with E-state index < -0.39 is 11.8 Å². The molecule has 0 aliphatic carbocycles. The number of allylic oxidation sites excluding steroid dienone is 3. The molecule has 2 amide bonds. The number of amides is 2. The van der Waals surface area contributed by atoms with Crippen molar-refractivity contribution in [2.75, 3.05) is 46.4 Å². The highest BCUT2D eigenvalue weighted by atomic mass is 16.5. The van der Waals surface area contributed by atoms with Crippen molar-refractivity contribution in [3.63, 3.8) is 0 Å². The lowest BCUT2D eigenvalue weighted by Crippen LogP contribution is -2.43. The SMILES string of the molecule is CCCCN1C(=O)C(C#N)=C(C)/C(=C/C(O)=C/C=C/N2CCc3c(OC)c(OC)c(OC)c(OC)c32)C1=O. The van der Waals surface area contributed by atoms with E-state index in [2.05, 4.69) is 0 Å². The zero-order valence-corrected chi connectivity index (χ0v) is 22.6. The fraction of sp³-hybridized carbons (Fsp3) is 0.393. The van der Waals surface area contributed by atoms with Gasteiger partial charge in [-0.3, -0.25) is 14.5 Å². The van der Waals surface area contributed by atoms with E-state index in [-0.39, 0.29) is 29.0 Å². The number of nitrogens with zero attached hydrogens (tertiary/aromatic N) is 3. The average Bonchev–Trinajstić information content (AvgIpc) is 3.33. The fourth-order valence-electron chi connectivity index (χ4n) is 4.59. The van der Waals surface area contributed by atoms with Gasteiger partial charge in [0.2, 0.25) is 11.5 Å². The predicted molar refractivity (Wildman–Crippen MR) is 142 cm³/mol. The van der Waals surface area contributed by atoms with Crippen LogP contribution in [0.1, 0.15) is 32.3 Å². The van der Waals surface area contributed by atoms with E-state index in [4.69, 9.17) is 18.9 Å². The van der Waals surface area contributed by atoms with Gasteiger partial charge in [-0.1, -0.05) is 13.3 Å². The molecule has 0 aromatic heterocycles. The van der Waals surface area contributed by atoms with Gasteiger partial charge in [0.05, 0.1) is 34.1 Å². The molecule has 0 unspecified atom stereocenters. The Kier molecular flexibility index (Phi) is 9.07. The summed E-state index contributed by atoms with van der Waals surface area (Å²) in [7, 11) is 6.17. The molecule has 1 aromatic rings. The number of imide groups is 1. The Labute approximate surface area is 222 Å². The second-order valence-electron chi connectivity index (χ2n) is 8.62. The first-order valence-corrected chi connectivity index (χ1v) is 12.2. The number of carbonyl (C=O) groups is 2. The molecule has 202 valence electrons. The van der Waals surface area contributed by atoms with Crippen LogP contribution in [0.2, 0.25) is 0 Å². The summed E-state index contributed by atoms with van der Waals surface area (Å²) in [5.74, 6) is 0.567. The number of nitriles is 1. The fourth-order valence-corrected chi connectivity index (χ4v) is 4.59. The number of hydrogen-bond acceptors (Lipinski definition) is 9. The molecule has 2 aliphatic rings. The Hall–Kier alpha value is -4.39. The molecule has 0 atom stereocenters. The van der Waals surface area contributed by atoms with E-state index in [1.807, 2.05) is 17.9 Å². The molecule has 1 aromatic carbocycles. The molecule has 0 spiro atoms. The third-order valence-electron chi connectivity index (χ3n) is 6.49. The van der Waals surface area contributed by atoms with Crippen LogP contribution < -0.4 is 23.8 Å². The molecule has 2 heterocycles. The van der Waals surface area contributed by atoms with Gasteiger partial charge in [0, 0.05) is 30.4 Å². The highest BCUT2D eigenvalue weighted by molar-refractivity contribution is 6.18. The number of unbranched alkanes of at least 4 members (excludes halogenated alkanes) is 1. The molecule has 38 heavy (non-hydrogen) atoms. The monoisotopic (exact) mass is 523 g/mol. The molecule has 0 fully saturated rings. The minimum atomic E-state index is -0.604. The maximum absolute atomic E-state index is 13.0. The lowest BCUT2D eigenvalue weighted by Gasteiger charge is -2.27. The third-order valence-corrected chi connectivity index (χ3v) is 6.49. The first-order valence-electron chi connectivity index (χ1n) is 12.2. The predicted octanol–water partition coefficient (Wildman–Crippen LogP) is 3.97. The van der Waals surface area contributed by atoms with Crippen molar-refractivity contribution in [3.05, 3.63) is 52.5 Å². The maximum Gasteiger partial charge on any atom is 0.271 e. The zero-order valence-electron chi connectivity index (χ0n) is 22.6. The topological polar surface area (TPSA) is 122 Å². The van der Waals surface area contributed by atoms with Crippen molar-refractivity contribution in [2.45, 2.75) is 33.1 Å². The second-order valence-corrected chi connectivity index (χ2v) is 8.62. The highest BCUT2D eigenvalue weighted by Gasteiger charge is 2.35. The van der Waals surface area contributed by atoms with E-state index in [1.54, 1.807) is 26.5 Å². The van der Waals surface area contributed by atoms with E-state index in [9.17, 15) is 20.0 Å². The van der Waals surface area contributed by atoms with Crippen molar-refractivity contribution in [2.24, 2.45) is 0 Å². The number of anilines is 1. The van der Waals surface area contributed by atoms with Gasteiger partial charge < -0.3 is 29.0 Å². The third kappa shape index (κ3) is 5.05.